The molecule has 0 aliphatic heterocycles. The van der Waals surface area contributed by atoms with Crippen LogP contribution in [0.15, 0.2) is 72.8 Å². The van der Waals surface area contributed by atoms with E-state index in [-0.39, 0.29) is 24.3 Å². The minimum atomic E-state index is -0.916. The van der Waals surface area contributed by atoms with E-state index >= 15 is 0 Å². The van der Waals surface area contributed by atoms with E-state index in [9.17, 15) is 18.4 Å². The number of anilines is 1. The molecule has 0 aliphatic carbocycles. The number of para-hydroxylation sites is 1. The lowest BCUT2D eigenvalue weighted by molar-refractivity contribution is -0.682. The average Bonchev–Trinajstić information content (AvgIpc) is 2.74. The van der Waals surface area contributed by atoms with Gasteiger partial charge in [-0.3, -0.25) is 9.59 Å². The second-order valence-corrected chi connectivity index (χ2v) is 6.69. The summed E-state index contributed by atoms with van der Waals surface area (Å²) in [5, 5.41) is 4.48. The number of hydrogen-bond acceptors (Lipinski definition) is 2. The van der Waals surface area contributed by atoms with Crippen LogP contribution in [0.25, 0.3) is 0 Å². The fourth-order valence-corrected chi connectivity index (χ4v) is 2.95. The number of amides is 1. The van der Waals surface area contributed by atoms with E-state index < -0.39 is 11.6 Å². The van der Waals surface area contributed by atoms with E-state index in [1.54, 1.807) is 60.8 Å². The Hall–Kier alpha value is -3.38. The molecule has 3 N–H and O–H groups in total. The van der Waals surface area contributed by atoms with Crippen LogP contribution in [0, 0.1) is 11.6 Å². The zero-order chi connectivity index (χ0) is 20.8. The Kier molecular flexibility index (Phi) is 6.46. The Morgan fingerprint density at radius 2 is 1.62 bits per heavy atom. The van der Waals surface area contributed by atoms with Crippen molar-refractivity contribution in [1.29, 1.82) is 0 Å². The first kappa shape index (κ1) is 20.4. The van der Waals surface area contributed by atoms with Gasteiger partial charge in [0.1, 0.15) is 6.04 Å². The molecule has 29 heavy (non-hydrogen) atoms. The summed E-state index contributed by atoms with van der Waals surface area (Å²) in [6.45, 7) is 1.86. The van der Waals surface area contributed by atoms with Gasteiger partial charge in [0.2, 0.25) is 0 Å². The molecule has 1 atom stereocenters. The largest absolute Gasteiger partial charge is 0.333 e. The molecule has 0 aromatic heterocycles. The topological polar surface area (TPSA) is 62.8 Å². The van der Waals surface area contributed by atoms with Crippen LogP contribution in [0.5, 0.6) is 0 Å². The number of carbonyl (C=O) groups excluding carboxylic acids is 2. The van der Waals surface area contributed by atoms with Crippen LogP contribution >= 0.6 is 0 Å². The molecule has 0 saturated carbocycles. The van der Waals surface area contributed by atoms with Crippen LogP contribution in [0.2, 0.25) is 0 Å². The predicted octanol–water partition coefficient (Wildman–Crippen LogP) is 3.46. The van der Waals surface area contributed by atoms with E-state index in [1.165, 1.54) is 6.07 Å². The summed E-state index contributed by atoms with van der Waals surface area (Å²) < 4.78 is 26.5. The van der Waals surface area contributed by atoms with Crippen LogP contribution in [-0.2, 0) is 4.79 Å². The first-order valence-electron chi connectivity index (χ1n) is 9.22. The Morgan fingerprint density at radius 1 is 0.931 bits per heavy atom. The lowest BCUT2D eigenvalue weighted by Crippen LogP contribution is -2.86. The van der Waals surface area contributed by atoms with Gasteiger partial charge in [-0.25, -0.2) is 8.78 Å². The number of ketones is 1. The molecule has 0 unspecified atom stereocenters. The molecule has 4 nitrogen and oxygen atoms in total. The molecule has 3 aromatic carbocycles. The number of nitrogens with two attached hydrogens (primary N) is 1. The van der Waals surface area contributed by atoms with Gasteiger partial charge in [0, 0.05) is 16.7 Å². The van der Waals surface area contributed by atoms with Crippen molar-refractivity contribution in [2.24, 2.45) is 0 Å². The van der Waals surface area contributed by atoms with Gasteiger partial charge in [0.15, 0.2) is 24.0 Å². The quantitative estimate of drug-likeness (QED) is 0.602. The minimum absolute atomic E-state index is 0.0635. The number of rotatable bonds is 7. The van der Waals surface area contributed by atoms with Crippen molar-refractivity contribution in [3.8, 4) is 0 Å². The maximum Gasteiger partial charge on any atom is 0.279 e. The highest BCUT2D eigenvalue weighted by molar-refractivity contribution is 6.13. The number of nitrogens with one attached hydrogen (secondary N) is 1. The smallest absolute Gasteiger partial charge is 0.279 e. The zero-order valence-electron chi connectivity index (χ0n) is 15.9. The van der Waals surface area contributed by atoms with Gasteiger partial charge in [-0.05, 0) is 37.3 Å². The monoisotopic (exact) mass is 395 g/mol. The van der Waals surface area contributed by atoms with Crippen molar-refractivity contribution in [2.45, 2.75) is 13.0 Å². The summed E-state index contributed by atoms with van der Waals surface area (Å²) >= 11 is 0. The van der Waals surface area contributed by atoms with Gasteiger partial charge in [0.25, 0.3) is 5.91 Å². The van der Waals surface area contributed by atoms with Gasteiger partial charge in [-0.15, -0.1) is 0 Å². The van der Waals surface area contributed by atoms with Crippen LogP contribution in [-0.4, -0.2) is 18.2 Å². The van der Waals surface area contributed by atoms with Crippen LogP contribution < -0.4 is 10.6 Å². The summed E-state index contributed by atoms with van der Waals surface area (Å²) in [6, 6.07) is 19.1. The van der Waals surface area contributed by atoms with Crippen molar-refractivity contribution in [3.63, 3.8) is 0 Å². The van der Waals surface area contributed by atoms with Crippen molar-refractivity contribution >= 4 is 17.4 Å². The zero-order valence-corrected chi connectivity index (χ0v) is 15.9. The molecule has 0 aliphatic rings. The lowest BCUT2D eigenvalue weighted by atomic mass is 10.0. The third kappa shape index (κ3) is 5.12. The molecule has 3 rings (SSSR count). The number of hydrogen-bond donors (Lipinski definition) is 2. The number of quaternary nitrogens is 1. The average molecular weight is 395 g/mol. The molecular formula is C23H21F2N2O2+. The van der Waals surface area contributed by atoms with E-state index in [1.807, 2.05) is 6.07 Å². The molecule has 0 heterocycles. The highest BCUT2D eigenvalue weighted by Crippen LogP contribution is 2.19. The number of carbonyl (C=O) groups is 2. The van der Waals surface area contributed by atoms with Crippen LogP contribution in [0.1, 0.15) is 34.5 Å². The molecule has 0 bridgehead atoms. The van der Waals surface area contributed by atoms with Crippen LogP contribution in [0.4, 0.5) is 14.5 Å². The van der Waals surface area contributed by atoms with Crippen molar-refractivity contribution < 1.29 is 23.7 Å². The SMILES string of the molecule is C[C@@H]([NH2+]CC(=O)Nc1ccccc1C(=O)c1ccccc1)c1ccc(F)c(F)c1. The van der Waals surface area contributed by atoms with E-state index in [0.29, 0.717) is 22.4 Å². The molecular weight excluding hydrogens is 374 g/mol. The lowest BCUT2D eigenvalue weighted by Gasteiger charge is -2.13. The maximum atomic E-state index is 13.4. The highest BCUT2D eigenvalue weighted by Gasteiger charge is 2.17. The molecule has 0 saturated heterocycles. The van der Waals surface area contributed by atoms with Gasteiger partial charge in [-0.2, -0.15) is 0 Å². The summed E-state index contributed by atoms with van der Waals surface area (Å²) in [5.41, 5.74) is 1.95. The number of benzene rings is 3. The third-order valence-corrected chi connectivity index (χ3v) is 4.61. The highest BCUT2D eigenvalue weighted by atomic mass is 19.2. The van der Waals surface area contributed by atoms with Gasteiger partial charge in [0.05, 0.1) is 5.69 Å². The van der Waals surface area contributed by atoms with E-state index in [4.69, 9.17) is 0 Å². The summed E-state index contributed by atoms with van der Waals surface area (Å²) in [7, 11) is 0. The molecule has 0 radical (unpaired) electrons. The molecule has 0 spiro atoms. The van der Waals surface area contributed by atoms with Crippen molar-refractivity contribution in [3.05, 3.63) is 101 Å². The van der Waals surface area contributed by atoms with Gasteiger partial charge in [-0.1, -0.05) is 42.5 Å². The van der Waals surface area contributed by atoms with Crippen molar-refractivity contribution in [2.75, 3.05) is 11.9 Å². The molecule has 0 fully saturated rings. The molecule has 1 amide bonds. The maximum absolute atomic E-state index is 13.4. The fraction of sp³-hybridized carbons (Fsp3) is 0.130. The van der Waals surface area contributed by atoms with E-state index in [2.05, 4.69) is 5.32 Å². The summed E-state index contributed by atoms with van der Waals surface area (Å²) in [6.07, 6.45) is 0. The Labute approximate surface area is 167 Å². The fourth-order valence-electron chi connectivity index (χ4n) is 2.95. The van der Waals surface area contributed by atoms with Gasteiger partial charge < -0.3 is 10.6 Å². The first-order valence-corrected chi connectivity index (χ1v) is 9.22. The van der Waals surface area contributed by atoms with Crippen molar-refractivity contribution in [1.82, 2.24) is 0 Å². The number of halogens is 2. The molecule has 6 heteroatoms. The standard InChI is InChI=1S/C23H20F2N2O2/c1-15(17-11-12-19(24)20(25)13-17)26-14-22(28)27-21-10-6-5-9-18(21)23(29)16-7-3-2-4-8-16/h2-13,15,26H,14H2,1H3,(H,27,28)/p+1/t15-/m1/s1. The van der Waals surface area contributed by atoms with E-state index in [0.717, 1.165) is 12.1 Å². The predicted molar refractivity (Wildman–Crippen MR) is 107 cm³/mol. The normalized spacial score (nSPS) is 11.7. The Morgan fingerprint density at radius 3 is 2.34 bits per heavy atom. The second-order valence-electron chi connectivity index (χ2n) is 6.69. The molecule has 3 aromatic rings. The summed E-state index contributed by atoms with van der Waals surface area (Å²) in [4.78, 5) is 25.1. The molecule has 148 valence electrons. The first-order chi connectivity index (χ1) is 14.0. The summed E-state index contributed by atoms with van der Waals surface area (Å²) in [5.74, 6) is -2.30. The Bertz CT molecular complexity index is 1020. The second kappa shape index (κ2) is 9.21. The minimum Gasteiger partial charge on any atom is -0.333 e. The van der Waals surface area contributed by atoms with Gasteiger partial charge >= 0.3 is 0 Å². The third-order valence-electron chi connectivity index (χ3n) is 4.61. The Balaban J connectivity index is 1.65. The van der Waals surface area contributed by atoms with Crippen LogP contribution in [0.3, 0.4) is 0 Å².